The first-order chi connectivity index (χ1) is 13.0. The van der Waals surface area contributed by atoms with Gasteiger partial charge in [0.05, 0.1) is 23.6 Å². The summed E-state index contributed by atoms with van der Waals surface area (Å²) in [6, 6.07) is 9.37. The second kappa shape index (κ2) is 6.90. The van der Waals surface area contributed by atoms with Crippen molar-refractivity contribution >= 4 is 10.0 Å². The van der Waals surface area contributed by atoms with Crippen molar-refractivity contribution in [3.8, 4) is 5.69 Å². The molecule has 1 fully saturated rings. The molecule has 9 heteroatoms. The third-order valence-electron chi connectivity index (χ3n) is 4.88. The van der Waals surface area contributed by atoms with Crippen molar-refractivity contribution in [2.45, 2.75) is 49.5 Å². The average Bonchev–Trinajstić information content (AvgIpc) is 3.33. The Bertz CT molecular complexity index is 1020. The number of hydrogen-bond acceptors (Lipinski definition) is 6. The van der Waals surface area contributed by atoms with Gasteiger partial charge in [0.25, 0.3) is 0 Å². The molecule has 2 heterocycles. The zero-order chi connectivity index (χ0) is 18.9. The molecule has 0 spiro atoms. The number of nitrogens with zero attached hydrogens (tertiary/aromatic N) is 4. The fourth-order valence-electron chi connectivity index (χ4n) is 3.50. The zero-order valence-electron chi connectivity index (χ0n) is 15.0. The van der Waals surface area contributed by atoms with E-state index in [1.54, 1.807) is 11.6 Å². The van der Waals surface area contributed by atoms with Gasteiger partial charge >= 0.3 is 0 Å². The second-order valence-electron chi connectivity index (χ2n) is 6.84. The van der Waals surface area contributed by atoms with Gasteiger partial charge in [-0.05, 0) is 25.0 Å². The molecular weight excluding hydrogens is 366 g/mol. The van der Waals surface area contributed by atoms with E-state index in [0.29, 0.717) is 24.6 Å². The van der Waals surface area contributed by atoms with Gasteiger partial charge in [0.2, 0.25) is 15.9 Å². The third kappa shape index (κ3) is 3.52. The highest BCUT2D eigenvalue weighted by Crippen LogP contribution is 2.37. The Morgan fingerprint density at radius 2 is 1.89 bits per heavy atom. The van der Waals surface area contributed by atoms with Crippen LogP contribution < -0.4 is 4.72 Å². The minimum atomic E-state index is -3.80. The van der Waals surface area contributed by atoms with Gasteiger partial charge in [-0.15, -0.1) is 0 Å². The normalized spacial score (nSPS) is 17.1. The van der Waals surface area contributed by atoms with Crippen LogP contribution in [0.2, 0.25) is 0 Å². The fraction of sp³-hybridized carbons (Fsp3) is 0.389. The maximum absolute atomic E-state index is 13.1. The van der Waals surface area contributed by atoms with Gasteiger partial charge in [-0.2, -0.15) is 14.8 Å². The maximum Gasteiger partial charge on any atom is 0.244 e. The molecule has 1 aliphatic rings. The highest BCUT2D eigenvalue weighted by Gasteiger charge is 2.42. The first-order valence-corrected chi connectivity index (χ1v) is 10.4. The van der Waals surface area contributed by atoms with Crippen LogP contribution in [0.25, 0.3) is 5.69 Å². The lowest BCUT2D eigenvalue weighted by Crippen LogP contribution is -2.47. The molecule has 27 heavy (non-hydrogen) atoms. The van der Waals surface area contributed by atoms with Crippen molar-refractivity contribution in [2.75, 3.05) is 0 Å². The Labute approximate surface area is 157 Å². The molecule has 4 rings (SSSR count). The van der Waals surface area contributed by atoms with Gasteiger partial charge < -0.3 is 4.52 Å². The lowest BCUT2D eigenvalue weighted by Gasteiger charge is -2.34. The van der Waals surface area contributed by atoms with Crippen LogP contribution in [0.3, 0.4) is 0 Å². The van der Waals surface area contributed by atoms with E-state index in [-0.39, 0.29) is 4.90 Å². The monoisotopic (exact) mass is 387 g/mol. The Balaban J connectivity index is 1.66. The van der Waals surface area contributed by atoms with Crippen LogP contribution in [0.5, 0.6) is 0 Å². The van der Waals surface area contributed by atoms with Gasteiger partial charge in [0, 0.05) is 6.92 Å². The van der Waals surface area contributed by atoms with E-state index in [0.717, 1.165) is 24.9 Å². The molecule has 8 nitrogen and oxygen atoms in total. The molecule has 0 aliphatic heterocycles. The second-order valence-corrected chi connectivity index (χ2v) is 8.52. The highest BCUT2D eigenvalue weighted by atomic mass is 32.2. The van der Waals surface area contributed by atoms with E-state index in [9.17, 15) is 8.42 Å². The van der Waals surface area contributed by atoms with Crippen LogP contribution in [-0.4, -0.2) is 28.3 Å². The Morgan fingerprint density at radius 1 is 1.15 bits per heavy atom. The van der Waals surface area contributed by atoms with E-state index >= 15 is 0 Å². The first kappa shape index (κ1) is 17.9. The molecule has 142 valence electrons. The van der Waals surface area contributed by atoms with Crippen molar-refractivity contribution in [1.82, 2.24) is 24.6 Å². The van der Waals surface area contributed by atoms with Crippen LogP contribution in [0.1, 0.15) is 43.8 Å². The summed E-state index contributed by atoms with van der Waals surface area (Å²) in [5.41, 5.74) is -0.0518. The summed E-state index contributed by atoms with van der Waals surface area (Å²) in [4.78, 5) is 4.42. The molecule has 0 bridgehead atoms. The molecule has 1 aromatic carbocycles. The predicted octanol–water partition coefficient (Wildman–Crippen LogP) is 2.70. The van der Waals surface area contributed by atoms with E-state index in [1.807, 2.05) is 30.3 Å². The van der Waals surface area contributed by atoms with E-state index < -0.39 is 15.6 Å². The topological polar surface area (TPSA) is 103 Å². The number of sulfonamides is 1. The van der Waals surface area contributed by atoms with Crippen molar-refractivity contribution in [1.29, 1.82) is 0 Å². The van der Waals surface area contributed by atoms with Crippen molar-refractivity contribution in [2.24, 2.45) is 0 Å². The molecule has 2 aromatic heterocycles. The molecule has 0 atom stereocenters. The number of aryl methyl sites for hydroxylation is 1. The molecule has 0 radical (unpaired) electrons. The SMILES string of the molecule is Cc1nc(C2(NS(=O)(=O)c3cnn(-c4ccccc4)c3)CCCCC2)no1. The van der Waals surface area contributed by atoms with E-state index in [1.165, 1.54) is 12.4 Å². The van der Waals surface area contributed by atoms with Gasteiger partial charge in [0.15, 0.2) is 5.82 Å². The summed E-state index contributed by atoms with van der Waals surface area (Å²) in [5.74, 6) is 0.824. The summed E-state index contributed by atoms with van der Waals surface area (Å²) in [7, 11) is -3.80. The Morgan fingerprint density at radius 3 is 2.56 bits per heavy atom. The Kier molecular flexibility index (Phi) is 4.56. The van der Waals surface area contributed by atoms with E-state index in [2.05, 4.69) is 20.0 Å². The van der Waals surface area contributed by atoms with Crippen molar-refractivity contribution < 1.29 is 12.9 Å². The van der Waals surface area contributed by atoms with E-state index in [4.69, 9.17) is 4.52 Å². The zero-order valence-corrected chi connectivity index (χ0v) is 15.8. The summed E-state index contributed by atoms with van der Waals surface area (Å²) in [6.07, 6.45) is 7.00. The summed E-state index contributed by atoms with van der Waals surface area (Å²) < 4.78 is 35.7. The molecule has 0 saturated heterocycles. The number of para-hydroxylation sites is 1. The van der Waals surface area contributed by atoms with Gasteiger partial charge in [-0.1, -0.05) is 42.6 Å². The minimum Gasteiger partial charge on any atom is -0.340 e. The summed E-state index contributed by atoms with van der Waals surface area (Å²) in [6.45, 7) is 1.70. The quantitative estimate of drug-likeness (QED) is 0.722. The fourth-order valence-corrected chi connectivity index (χ4v) is 4.86. The van der Waals surface area contributed by atoms with Gasteiger partial charge in [-0.3, -0.25) is 0 Å². The molecule has 3 aromatic rings. The largest absolute Gasteiger partial charge is 0.340 e. The minimum absolute atomic E-state index is 0.108. The number of nitrogens with one attached hydrogen (secondary N) is 1. The highest BCUT2D eigenvalue weighted by molar-refractivity contribution is 7.89. The van der Waals surface area contributed by atoms with Crippen LogP contribution >= 0.6 is 0 Å². The lowest BCUT2D eigenvalue weighted by atomic mass is 9.82. The van der Waals surface area contributed by atoms with Crippen LogP contribution in [0, 0.1) is 6.92 Å². The molecule has 0 unspecified atom stereocenters. The Hall–Kier alpha value is -2.52. The predicted molar refractivity (Wildman–Crippen MR) is 97.7 cm³/mol. The molecule has 1 saturated carbocycles. The summed E-state index contributed by atoms with van der Waals surface area (Å²) >= 11 is 0. The lowest BCUT2D eigenvalue weighted by molar-refractivity contribution is 0.248. The molecule has 1 N–H and O–H groups in total. The number of aromatic nitrogens is 4. The number of benzene rings is 1. The molecule has 0 amide bonds. The standard InChI is InChI=1S/C18H21N5O3S/c1-14-20-17(21-26-14)18(10-6-3-7-11-18)22-27(24,25)16-12-19-23(13-16)15-8-4-2-5-9-15/h2,4-5,8-9,12-13,22H,3,6-7,10-11H2,1H3. The average molecular weight is 387 g/mol. The molecular formula is C18H21N5O3S. The number of rotatable bonds is 5. The van der Waals surface area contributed by atoms with Gasteiger partial charge in [0.1, 0.15) is 4.90 Å². The van der Waals surface area contributed by atoms with Crippen molar-refractivity contribution in [3.05, 3.63) is 54.4 Å². The van der Waals surface area contributed by atoms with Crippen LogP contribution in [0.4, 0.5) is 0 Å². The number of hydrogen-bond donors (Lipinski definition) is 1. The van der Waals surface area contributed by atoms with Gasteiger partial charge in [-0.25, -0.2) is 13.1 Å². The van der Waals surface area contributed by atoms with Crippen molar-refractivity contribution in [3.63, 3.8) is 0 Å². The first-order valence-electron chi connectivity index (χ1n) is 8.93. The summed E-state index contributed by atoms with van der Waals surface area (Å²) in [5, 5.41) is 8.20. The van der Waals surface area contributed by atoms with Crippen LogP contribution in [-0.2, 0) is 15.6 Å². The smallest absolute Gasteiger partial charge is 0.244 e. The van der Waals surface area contributed by atoms with Crippen LogP contribution in [0.15, 0.2) is 52.1 Å². The third-order valence-corrected chi connectivity index (χ3v) is 6.37. The molecule has 1 aliphatic carbocycles. The maximum atomic E-state index is 13.1.